The summed E-state index contributed by atoms with van der Waals surface area (Å²) in [6.45, 7) is 0.982. The van der Waals surface area contributed by atoms with Crippen molar-refractivity contribution in [1.29, 1.82) is 0 Å². The van der Waals surface area contributed by atoms with Gasteiger partial charge in [0.2, 0.25) is 5.91 Å². The molecule has 0 aliphatic heterocycles. The highest BCUT2D eigenvalue weighted by Gasteiger charge is 2.16. The lowest BCUT2D eigenvalue weighted by atomic mass is 10.0. The van der Waals surface area contributed by atoms with Crippen LogP contribution >= 0.6 is 0 Å². The number of hydrogen-bond acceptors (Lipinski definition) is 4. The molecule has 0 heterocycles. The van der Waals surface area contributed by atoms with Gasteiger partial charge in [0.25, 0.3) is 0 Å². The fraction of sp³-hybridized carbons (Fsp3) is 0.533. The van der Waals surface area contributed by atoms with E-state index in [9.17, 15) is 13.6 Å². The van der Waals surface area contributed by atoms with Gasteiger partial charge in [0.05, 0.1) is 7.11 Å². The van der Waals surface area contributed by atoms with Crippen molar-refractivity contribution in [2.45, 2.75) is 32.9 Å². The molecule has 0 bridgehead atoms. The van der Waals surface area contributed by atoms with Gasteiger partial charge in [0.1, 0.15) is 0 Å². The Morgan fingerprint density at radius 1 is 1.32 bits per heavy atom. The van der Waals surface area contributed by atoms with Crippen molar-refractivity contribution in [2.75, 3.05) is 13.7 Å². The number of ether oxygens (including phenoxy) is 2. The fourth-order valence-corrected chi connectivity index (χ4v) is 1.79. The number of methoxy groups -OCH3 is 1. The van der Waals surface area contributed by atoms with Gasteiger partial charge in [0.15, 0.2) is 11.5 Å². The molecule has 1 aromatic carbocycles. The highest BCUT2D eigenvalue weighted by molar-refractivity contribution is 5.78. The first-order valence-corrected chi connectivity index (χ1v) is 7.00. The lowest BCUT2D eigenvalue weighted by Gasteiger charge is -2.15. The van der Waals surface area contributed by atoms with Crippen molar-refractivity contribution in [3.05, 3.63) is 23.8 Å². The highest BCUT2D eigenvalue weighted by atomic mass is 19.3. The molecule has 124 valence electrons. The normalized spacial score (nSPS) is 13.6. The average Bonchev–Trinajstić information content (AvgIpc) is 2.45. The summed E-state index contributed by atoms with van der Waals surface area (Å²) in [6.07, 6.45) is 0.487. The van der Waals surface area contributed by atoms with Crippen molar-refractivity contribution in [2.24, 2.45) is 11.7 Å². The number of halogens is 2. The lowest BCUT2D eigenvalue weighted by molar-refractivity contribution is -0.124. The topological polar surface area (TPSA) is 73.6 Å². The van der Waals surface area contributed by atoms with E-state index in [-0.39, 0.29) is 29.4 Å². The van der Waals surface area contributed by atoms with Crippen LogP contribution in [0.1, 0.15) is 19.4 Å². The van der Waals surface area contributed by atoms with Crippen molar-refractivity contribution in [3.63, 3.8) is 0 Å². The molecule has 2 unspecified atom stereocenters. The van der Waals surface area contributed by atoms with Crippen LogP contribution in [0.5, 0.6) is 11.5 Å². The van der Waals surface area contributed by atoms with Gasteiger partial charge in [-0.1, -0.05) is 13.0 Å². The van der Waals surface area contributed by atoms with Gasteiger partial charge in [-0.15, -0.1) is 0 Å². The molecule has 2 atom stereocenters. The zero-order chi connectivity index (χ0) is 16.7. The summed E-state index contributed by atoms with van der Waals surface area (Å²) in [7, 11) is 1.38. The third-order valence-corrected chi connectivity index (χ3v) is 3.36. The second-order valence-electron chi connectivity index (χ2n) is 5.05. The van der Waals surface area contributed by atoms with Crippen molar-refractivity contribution < 1.29 is 23.0 Å². The fourth-order valence-electron chi connectivity index (χ4n) is 1.79. The third kappa shape index (κ3) is 5.48. The third-order valence-electron chi connectivity index (χ3n) is 3.36. The summed E-state index contributed by atoms with van der Waals surface area (Å²) < 4.78 is 34.1. The summed E-state index contributed by atoms with van der Waals surface area (Å²) in [5.41, 5.74) is 6.41. The molecule has 3 N–H and O–H groups in total. The Balaban J connectivity index is 2.61. The first-order chi connectivity index (χ1) is 10.3. The number of carbonyl (C=O) groups excluding carboxylic acids is 1. The van der Waals surface area contributed by atoms with Crippen LogP contribution in [0.15, 0.2) is 18.2 Å². The predicted molar refractivity (Wildman–Crippen MR) is 79.2 cm³/mol. The predicted octanol–water partition coefficient (Wildman–Crippen LogP) is 1.94. The van der Waals surface area contributed by atoms with Gasteiger partial charge in [-0.3, -0.25) is 4.79 Å². The first-order valence-electron chi connectivity index (χ1n) is 7.00. The van der Waals surface area contributed by atoms with E-state index >= 15 is 0 Å². The van der Waals surface area contributed by atoms with Crippen LogP contribution in [0.4, 0.5) is 8.78 Å². The van der Waals surface area contributed by atoms with Crippen LogP contribution in [-0.2, 0) is 11.2 Å². The summed E-state index contributed by atoms with van der Waals surface area (Å²) in [6, 6.07) is 4.54. The van der Waals surface area contributed by atoms with Gasteiger partial charge in [-0.25, -0.2) is 0 Å². The molecule has 1 rings (SSSR count). The minimum atomic E-state index is -2.92. The van der Waals surface area contributed by atoms with E-state index in [1.165, 1.54) is 13.2 Å². The van der Waals surface area contributed by atoms with Crippen molar-refractivity contribution in [3.8, 4) is 11.5 Å². The van der Waals surface area contributed by atoms with Crippen LogP contribution in [0.25, 0.3) is 0 Å². The number of alkyl halides is 2. The van der Waals surface area contributed by atoms with Gasteiger partial charge in [0, 0.05) is 18.5 Å². The lowest BCUT2D eigenvalue weighted by Crippen LogP contribution is -2.39. The minimum Gasteiger partial charge on any atom is -0.493 e. The molecule has 0 saturated heterocycles. The number of hydrogen-bond donors (Lipinski definition) is 2. The van der Waals surface area contributed by atoms with Crippen LogP contribution in [0.3, 0.4) is 0 Å². The molecule has 0 aromatic heterocycles. The molecular weight excluding hydrogens is 294 g/mol. The maximum Gasteiger partial charge on any atom is 0.387 e. The molecule has 1 amide bonds. The monoisotopic (exact) mass is 316 g/mol. The van der Waals surface area contributed by atoms with Crippen molar-refractivity contribution in [1.82, 2.24) is 5.32 Å². The Kier molecular flexibility index (Phi) is 7.04. The number of nitrogens with one attached hydrogen (secondary N) is 1. The van der Waals surface area contributed by atoms with Crippen LogP contribution < -0.4 is 20.5 Å². The van der Waals surface area contributed by atoms with Crippen LogP contribution in [0.2, 0.25) is 0 Å². The van der Waals surface area contributed by atoms with Gasteiger partial charge in [-0.2, -0.15) is 8.78 Å². The Morgan fingerprint density at radius 2 is 2.00 bits per heavy atom. The summed E-state index contributed by atoms with van der Waals surface area (Å²) >= 11 is 0. The van der Waals surface area contributed by atoms with E-state index in [0.29, 0.717) is 13.0 Å². The second-order valence-corrected chi connectivity index (χ2v) is 5.05. The molecule has 22 heavy (non-hydrogen) atoms. The number of carbonyl (C=O) groups is 1. The molecule has 1 aromatic rings. The van der Waals surface area contributed by atoms with E-state index in [0.717, 1.165) is 5.56 Å². The smallest absolute Gasteiger partial charge is 0.387 e. The Hall–Kier alpha value is -1.89. The number of amides is 1. The van der Waals surface area contributed by atoms with Gasteiger partial charge in [-0.05, 0) is 31.0 Å². The van der Waals surface area contributed by atoms with Gasteiger partial charge < -0.3 is 20.5 Å². The number of rotatable bonds is 8. The Bertz CT molecular complexity index is 496. The molecule has 0 aliphatic rings. The first kappa shape index (κ1) is 18.2. The molecule has 0 aliphatic carbocycles. The zero-order valence-electron chi connectivity index (χ0n) is 12.9. The van der Waals surface area contributed by atoms with E-state index in [1.54, 1.807) is 26.0 Å². The van der Waals surface area contributed by atoms with Crippen LogP contribution in [0, 0.1) is 5.92 Å². The molecule has 0 saturated carbocycles. The summed E-state index contributed by atoms with van der Waals surface area (Å²) in [4.78, 5) is 11.8. The summed E-state index contributed by atoms with van der Waals surface area (Å²) in [5, 5.41) is 2.76. The SMILES string of the molecule is COc1ccc(CCNC(=O)C(C)C(C)N)cc1OC(F)F. The molecular formula is C15H22F2N2O3. The highest BCUT2D eigenvalue weighted by Crippen LogP contribution is 2.29. The Morgan fingerprint density at radius 3 is 2.55 bits per heavy atom. The van der Waals surface area contributed by atoms with E-state index in [2.05, 4.69) is 10.1 Å². The van der Waals surface area contributed by atoms with E-state index in [4.69, 9.17) is 10.5 Å². The maximum absolute atomic E-state index is 12.3. The van der Waals surface area contributed by atoms with Crippen LogP contribution in [-0.4, -0.2) is 32.2 Å². The Labute approximate surface area is 128 Å². The standard InChI is InChI=1S/C15H22F2N2O3/c1-9(10(2)18)14(20)19-7-6-11-4-5-12(21-3)13(8-11)22-15(16)17/h4-5,8-10,15H,6-7,18H2,1-3H3,(H,19,20). The largest absolute Gasteiger partial charge is 0.493 e. The van der Waals surface area contributed by atoms with E-state index in [1.807, 2.05) is 0 Å². The molecule has 5 nitrogen and oxygen atoms in total. The molecule has 7 heteroatoms. The minimum absolute atomic E-state index is 0.0229. The number of nitrogens with two attached hydrogens (primary N) is 1. The van der Waals surface area contributed by atoms with Gasteiger partial charge >= 0.3 is 6.61 Å². The molecule has 0 spiro atoms. The second kappa shape index (κ2) is 8.53. The van der Waals surface area contributed by atoms with E-state index < -0.39 is 6.61 Å². The number of benzene rings is 1. The molecule has 0 fully saturated rings. The zero-order valence-corrected chi connectivity index (χ0v) is 12.9. The molecule has 0 radical (unpaired) electrons. The average molecular weight is 316 g/mol. The quantitative estimate of drug-likeness (QED) is 0.769. The maximum atomic E-state index is 12.3. The summed E-state index contributed by atoms with van der Waals surface area (Å²) in [5.74, 6) is -0.204. The van der Waals surface area contributed by atoms with Crippen molar-refractivity contribution >= 4 is 5.91 Å².